The molecule has 0 spiro atoms. The second-order valence-electron chi connectivity index (χ2n) is 5.58. The molecular formula is C20H17ClN2O3S. The molecule has 1 heterocycles. The number of terminal acetylenes is 1. The van der Waals surface area contributed by atoms with Gasteiger partial charge in [0.15, 0.2) is 0 Å². The molecular weight excluding hydrogens is 384 g/mol. The largest absolute Gasteiger partial charge is 0.484 e. The summed E-state index contributed by atoms with van der Waals surface area (Å²) in [5.41, 5.74) is 2.38. The van der Waals surface area contributed by atoms with Gasteiger partial charge in [-0.05, 0) is 29.8 Å². The summed E-state index contributed by atoms with van der Waals surface area (Å²) in [5, 5.41) is 1.45. The maximum absolute atomic E-state index is 12.1. The van der Waals surface area contributed by atoms with E-state index < -0.39 is 6.09 Å². The highest BCUT2D eigenvalue weighted by Gasteiger charge is 2.19. The van der Waals surface area contributed by atoms with E-state index in [9.17, 15) is 4.79 Å². The zero-order chi connectivity index (χ0) is 19.2. The summed E-state index contributed by atoms with van der Waals surface area (Å²) < 4.78 is 10.6. The van der Waals surface area contributed by atoms with Crippen molar-refractivity contribution < 1.29 is 14.3 Å². The quantitative estimate of drug-likeness (QED) is 0.685. The minimum atomic E-state index is -0.493. The molecule has 1 aliphatic rings. The van der Waals surface area contributed by atoms with Gasteiger partial charge in [-0.25, -0.2) is 9.79 Å². The fourth-order valence-corrected chi connectivity index (χ4v) is 3.62. The number of anilines is 1. The summed E-state index contributed by atoms with van der Waals surface area (Å²) in [6, 6.07) is 12.9. The van der Waals surface area contributed by atoms with Crippen molar-refractivity contribution in [3.8, 4) is 18.1 Å². The van der Waals surface area contributed by atoms with E-state index in [0.29, 0.717) is 23.1 Å². The SMILES string of the molecule is C#CCN(C(=O)OC)c1ccccc1CSC1=Nc2cc(Cl)ccc2OC1. The van der Waals surface area contributed by atoms with Gasteiger partial charge < -0.3 is 9.47 Å². The van der Waals surface area contributed by atoms with E-state index in [2.05, 4.69) is 10.9 Å². The Morgan fingerprint density at radius 2 is 2.22 bits per heavy atom. The first-order chi connectivity index (χ1) is 13.1. The summed E-state index contributed by atoms with van der Waals surface area (Å²) in [5.74, 6) is 3.81. The minimum Gasteiger partial charge on any atom is -0.484 e. The number of para-hydroxylation sites is 1. The second kappa shape index (κ2) is 8.85. The van der Waals surface area contributed by atoms with Gasteiger partial charge in [-0.1, -0.05) is 35.7 Å². The molecule has 1 amide bonds. The molecule has 1 aliphatic heterocycles. The van der Waals surface area contributed by atoms with Crippen LogP contribution in [0.15, 0.2) is 47.5 Å². The van der Waals surface area contributed by atoms with E-state index in [4.69, 9.17) is 27.5 Å². The molecule has 0 radical (unpaired) electrons. The van der Waals surface area contributed by atoms with Crippen LogP contribution in [0.5, 0.6) is 5.75 Å². The number of thioether (sulfide) groups is 1. The Kier molecular flexibility index (Phi) is 6.28. The van der Waals surface area contributed by atoms with Gasteiger partial charge in [-0.2, -0.15) is 0 Å². The Hall–Kier alpha value is -2.62. The maximum atomic E-state index is 12.1. The minimum absolute atomic E-state index is 0.129. The van der Waals surface area contributed by atoms with Gasteiger partial charge in [-0.15, -0.1) is 18.2 Å². The van der Waals surface area contributed by atoms with Gasteiger partial charge in [0.1, 0.15) is 23.1 Å². The summed E-state index contributed by atoms with van der Waals surface area (Å²) >= 11 is 7.57. The molecule has 27 heavy (non-hydrogen) atoms. The van der Waals surface area contributed by atoms with E-state index in [-0.39, 0.29) is 6.54 Å². The number of nitrogens with zero attached hydrogens (tertiary/aromatic N) is 2. The van der Waals surface area contributed by atoms with Crippen molar-refractivity contribution in [2.24, 2.45) is 4.99 Å². The molecule has 2 aromatic carbocycles. The third-order valence-electron chi connectivity index (χ3n) is 3.84. The highest BCUT2D eigenvalue weighted by atomic mass is 35.5. The molecule has 5 nitrogen and oxygen atoms in total. The molecule has 0 aromatic heterocycles. The molecule has 0 bridgehead atoms. The molecule has 2 aromatic rings. The van der Waals surface area contributed by atoms with Crippen LogP contribution in [0.1, 0.15) is 5.56 Å². The number of carbonyl (C=O) groups is 1. The molecule has 0 N–H and O–H groups in total. The highest BCUT2D eigenvalue weighted by Crippen LogP contribution is 2.35. The molecule has 3 rings (SSSR count). The number of hydrogen-bond acceptors (Lipinski definition) is 5. The third-order valence-corrected chi connectivity index (χ3v) is 5.07. The Balaban J connectivity index is 1.79. The fraction of sp³-hybridized carbons (Fsp3) is 0.200. The Labute approximate surface area is 167 Å². The Morgan fingerprint density at radius 1 is 1.41 bits per heavy atom. The average Bonchev–Trinajstić information content (AvgIpc) is 2.70. The number of carbonyl (C=O) groups excluding carboxylic acids is 1. The first-order valence-corrected chi connectivity index (χ1v) is 9.48. The molecule has 138 valence electrons. The predicted octanol–water partition coefficient (Wildman–Crippen LogP) is 4.90. The van der Waals surface area contributed by atoms with E-state index in [1.807, 2.05) is 30.3 Å². The summed E-state index contributed by atoms with van der Waals surface area (Å²) in [6.07, 6.45) is 4.91. The summed E-state index contributed by atoms with van der Waals surface area (Å²) in [7, 11) is 1.33. The number of hydrogen-bond donors (Lipinski definition) is 0. The molecule has 0 saturated heterocycles. The molecule has 0 unspecified atom stereocenters. The lowest BCUT2D eigenvalue weighted by atomic mass is 10.2. The first kappa shape index (κ1) is 19.2. The Morgan fingerprint density at radius 3 is 3.00 bits per heavy atom. The van der Waals surface area contributed by atoms with Crippen LogP contribution in [0.2, 0.25) is 5.02 Å². The van der Waals surface area contributed by atoms with Crippen molar-refractivity contribution in [2.75, 3.05) is 25.2 Å². The van der Waals surface area contributed by atoms with Crippen molar-refractivity contribution in [3.63, 3.8) is 0 Å². The van der Waals surface area contributed by atoms with Crippen LogP contribution in [-0.2, 0) is 10.5 Å². The van der Waals surface area contributed by atoms with Crippen LogP contribution >= 0.6 is 23.4 Å². The molecule has 0 fully saturated rings. The van der Waals surface area contributed by atoms with Crippen molar-refractivity contribution in [3.05, 3.63) is 53.1 Å². The zero-order valence-corrected chi connectivity index (χ0v) is 16.2. The van der Waals surface area contributed by atoms with Crippen LogP contribution in [0.3, 0.4) is 0 Å². The number of ether oxygens (including phenoxy) is 2. The standard InChI is InChI=1S/C20H17ClN2O3S/c1-3-10-23(20(24)25-2)17-7-5-4-6-14(17)13-27-19-12-26-18-9-8-15(21)11-16(18)22-19/h1,4-9,11H,10,12-13H2,2H3. The molecule has 0 aliphatic carbocycles. The van der Waals surface area contributed by atoms with Crippen LogP contribution in [-0.4, -0.2) is 31.4 Å². The van der Waals surface area contributed by atoms with Crippen molar-refractivity contribution in [1.82, 2.24) is 0 Å². The normalized spacial score (nSPS) is 12.3. The lowest BCUT2D eigenvalue weighted by Crippen LogP contribution is -2.31. The van der Waals surface area contributed by atoms with Crippen LogP contribution in [0.25, 0.3) is 0 Å². The smallest absolute Gasteiger partial charge is 0.414 e. The van der Waals surface area contributed by atoms with E-state index in [1.54, 1.807) is 23.9 Å². The van der Waals surface area contributed by atoms with Gasteiger partial charge >= 0.3 is 6.09 Å². The van der Waals surface area contributed by atoms with Crippen molar-refractivity contribution in [2.45, 2.75) is 5.75 Å². The second-order valence-corrected chi connectivity index (χ2v) is 7.07. The number of aliphatic imine (C=N–C) groups is 1. The molecule has 0 atom stereocenters. The number of fused-ring (bicyclic) bond motifs is 1. The maximum Gasteiger partial charge on any atom is 0.414 e. The fourth-order valence-electron chi connectivity index (χ4n) is 2.59. The van der Waals surface area contributed by atoms with Crippen LogP contribution < -0.4 is 9.64 Å². The van der Waals surface area contributed by atoms with Gasteiger partial charge in [0.2, 0.25) is 0 Å². The van der Waals surface area contributed by atoms with Gasteiger partial charge in [0.05, 0.1) is 19.3 Å². The monoisotopic (exact) mass is 400 g/mol. The number of methoxy groups -OCH3 is 1. The van der Waals surface area contributed by atoms with E-state index >= 15 is 0 Å². The number of rotatable bonds is 4. The summed E-state index contributed by atoms with van der Waals surface area (Å²) in [4.78, 5) is 18.1. The predicted molar refractivity (Wildman–Crippen MR) is 110 cm³/mol. The Bertz CT molecular complexity index is 924. The van der Waals surface area contributed by atoms with Crippen LogP contribution in [0, 0.1) is 12.3 Å². The number of benzene rings is 2. The number of amides is 1. The third kappa shape index (κ3) is 4.57. The van der Waals surface area contributed by atoms with Crippen molar-refractivity contribution in [1.29, 1.82) is 0 Å². The number of halogens is 1. The van der Waals surface area contributed by atoms with Crippen LogP contribution in [0.4, 0.5) is 16.2 Å². The first-order valence-electron chi connectivity index (χ1n) is 8.12. The van der Waals surface area contributed by atoms with Gasteiger partial charge in [0, 0.05) is 10.8 Å². The molecule has 0 saturated carbocycles. The lowest BCUT2D eigenvalue weighted by molar-refractivity contribution is 0.179. The van der Waals surface area contributed by atoms with Gasteiger partial charge in [0.25, 0.3) is 0 Å². The summed E-state index contributed by atoms with van der Waals surface area (Å²) in [6.45, 7) is 0.525. The highest BCUT2D eigenvalue weighted by molar-refractivity contribution is 8.13. The van der Waals surface area contributed by atoms with E-state index in [0.717, 1.165) is 22.0 Å². The van der Waals surface area contributed by atoms with E-state index in [1.165, 1.54) is 12.0 Å². The average molecular weight is 401 g/mol. The van der Waals surface area contributed by atoms with Gasteiger partial charge in [-0.3, -0.25) is 4.90 Å². The van der Waals surface area contributed by atoms with Crippen molar-refractivity contribution >= 4 is 45.9 Å². The molecule has 7 heteroatoms. The zero-order valence-electron chi connectivity index (χ0n) is 14.6. The lowest BCUT2D eigenvalue weighted by Gasteiger charge is -2.22. The topological polar surface area (TPSA) is 51.1 Å².